The minimum atomic E-state index is -0.936. The molecule has 1 saturated heterocycles. The van der Waals surface area contributed by atoms with Crippen molar-refractivity contribution in [3.63, 3.8) is 0 Å². The molecule has 4 aromatic rings. The van der Waals surface area contributed by atoms with Gasteiger partial charge in [0.15, 0.2) is 0 Å². The minimum Gasteiger partial charge on any atom is -0.465 e. The van der Waals surface area contributed by atoms with E-state index >= 15 is 4.39 Å². The molecule has 1 unspecified atom stereocenters. The first-order chi connectivity index (χ1) is 20.8. The van der Waals surface area contributed by atoms with E-state index in [0.717, 1.165) is 37.7 Å². The fourth-order valence-electron chi connectivity index (χ4n) is 6.16. The van der Waals surface area contributed by atoms with E-state index in [-0.39, 0.29) is 29.0 Å². The Morgan fingerprint density at radius 3 is 2.72 bits per heavy atom. The van der Waals surface area contributed by atoms with Crippen molar-refractivity contribution in [2.24, 2.45) is 11.3 Å². The Bertz CT molecular complexity index is 1760. The van der Waals surface area contributed by atoms with Gasteiger partial charge in [0.05, 0.1) is 16.9 Å². The summed E-state index contributed by atoms with van der Waals surface area (Å²) in [6.07, 6.45) is 6.90. The van der Waals surface area contributed by atoms with Gasteiger partial charge in [0.2, 0.25) is 17.7 Å². The lowest BCUT2D eigenvalue weighted by Crippen LogP contribution is -2.44. The average molecular weight is 583 g/mol. The molecule has 0 radical (unpaired) electrons. The zero-order chi connectivity index (χ0) is 29.7. The number of nitrogens with zero attached hydrogens (tertiary/aromatic N) is 4. The van der Waals surface area contributed by atoms with Gasteiger partial charge in [0.1, 0.15) is 11.6 Å². The number of likely N-dealkylation sites (tertiary alicyclic amines) is 1. The third-order valence-electron chi connectivity index (χ3n) is 8.87. The number of anilines is 2. The molecule has 10 nitrogen and oxygen atoms in total. The first kappa shape index (κ1) is 27.1. The number of carbonyl (C=O) groups excluding carboxylic acids is 1. The summed E-state index contributed by atoms with van der Waals surface area (Å²) in [5.74, 6) is 0.523. The molecule has 2 aliphatic carbocycles. The Hall–Kier alpha value is -4.80. The van der Waals surface area contributed by atoms with Crippen LogP contribution in [-0.2, 0) is 4.79 Å². The second-order valence-corrected chi connectivity index (χ2v) is 11.8. The van der Waals surface area contributed by atoms with Crippen LogP contribution in [0.3, 0.4) is 0 Å². The van der Waals surface area contributed by atoms with Crippen molar-refractivity contribution < 1.29 is 23.8 Å². The summed E-state index contributed by atoms with van der Waals surface area (Å²) in [5.41, 5.74) is 2.34. The van der Waals surface area contributed by atoms with Crippen LogP contribution in [0.25, 0.3) is 22.0 Å². The Morgan fingerprint density at radius 1 is 1.09 bits per heavy atom. The number of hydrogen-bond acceptors (Lipinski definition) is 7. The van der Waals surface area contributed by atoms with Crippen LogP contribution in [-0.4, -0.2) is 56.1 Å². The lowest BCUT2D eigenvalue weighted by molar-refractivity contribution is -0.117. The number of halogens is 1. The molecule has 2 aromatic carbocycles. The van der Waals surface area contributed by atoms with Crippen LogP contribution in [0.4, 0.5) is 20.8 Å². The van der Waals surface area contributed by atoms with Gasteiger partial charge in [-0.25, -0.2) is 24.1 Å². The highest BCUT2D eigenvalue weighted by molar-refractivity contribution is 6.06. The fourth-order valence-corrected chi connectivity index (χ4v) is 6.16. The van der Waals surface area contributed by atoms with Crippen molar-refractivity contribution in [3.05, 3.63) is 66.2 Å². The predicted molar refractivity (Wildman–Crippen MR) is 159 cm³/mol. The molecule has 43 heavy (non-hydrogen) atoms. The number of piperidine rings is 1. The molecule has 3 aliphatic rings. The van der Waals surface area contributed by atoms with Crippen molar-refractivity contribution in [1.29, 1.82) is 0 Å². The minimum absolute atomic E-state index is 0.0409. The highest BCUT2D eigenvalue weighted by Crippen LogP contribution is 2.70. The largest absolute Gasteiger partial charge is 0.465 e. The van der Waals surface area contributed by atoms with E-state index in [1.165, 1.54) is 11.0 Å². The summed E-state index contributed by atoms with van der Waals surface area (Å²) in [4.78, 5) is 39.3. The van der Waals surface area contributed by atoms with E-state index in [1.54, 1.807) is 36.7 Å². The van der Waals surface area contributed by atoms with Crippen molar-refractivity contribution >= 4 is 34.4 Å². The number of aromatic nitrogens is 3. The van der Waals surface area contributed by atoms with Crippen molar-refractivity contribution in [2.75, 3.05) is 23.7 Å². The average Bonchev–Trinajstić information content (AvgIpc) is 3.94. The number of amides is 2. The van der Waals surface area contributed by atoms with Crippen molar-refractivity contribution in [2.45, 2.75) is 45.1 Å². The van der Waals surface area contributed by atoms with E-state index in [4.69, 9.17) is 4.74 Å². The number of ether oxygens (including phenoxy) is 1. The van der Waals surface area contributed by atoms with Crippen LogP contribution >= 0.6 is 0 Å². The van der Waals surface area contributed by atoms with Gasteiger partial charge < -0.3 is 25.4 Å². The van der Waals surface area contributed by atoms with Gasteiger partial charge in [-0.05, 0) is 80.3 Å². The second kappa shape index (κ2) is 10.5. The molecule has 2 saturated carbocycles. The summed E-state index contributed by atoms with van der Waals surface area (Å²) in [6.45, 7) is 2.77. The van der Waals surface area contributed by atoms with Crippen LogP contribution in [0.5, 0.6) is 11.6 Å². The maximum atomic E-state index is 15.1. The van der Waals surface area contributed by atoms with E-state index in [0.29, 0.717) is 52.7 Å². The van der Waals surface area contributed by atoms with Crippen molar-refractivity contribution in [3.8, 4) is 22.9 Å². The molecule has 3 N–H and O–H groups in total. The van der Waals surface area contributed by atoms with Gasteiger partial charge in [0, 0.05) is 48.2 Å². The third-order valence-corrected chi connectivity index (χ3v) is 8.87. The second-order valence-electron chi connectivity index (χ2n) is 11.8. The Morgan fingerprint density at radius 2 is 1.93 bits per heavy atom. The first-order valence-electron chi connectivity index (χ1n) is 14.5. The van der Waals surface area contributed by atoms with Gasteiger partial charge in [-0.15, -0.1) is 0 Å². The van der Waals surface area contributed by atoms with Gasteiger partial charge in [-0.2, -0.15) is 0 Å². The van der Waals surface area contributed by atoms with Gasteiger partial charge in [0.25, 0.3) is 0 Å². The smallest absolute Gasteiger partial charge is 0.407 e. The maximum Gasteiger partial charge on any atom is 0.407 e. The van der Waals surface area contributed by atoms with Crippen LogP contribution in [0.2, 0.25) is 0 Å². The van der Waals surface area contributed by atoms with Crippen LogP contribution in [0.1, 0.15) is 37.7 Å². The highest BCUT2D eigenvalue weighted by atomic mass is 19.1. The van der Waals surface area contributed by atoms with E-state index in [1.807, 2.05) is 19.1 Å². The summed E-state index contributed by atoms with van der Waals surface area (Å²) >= 11 is 0. The molecule has 2 aromatic heterocycles. The zero-order valence-electron chi connectivity index (χ0n) is 23.6. The zero-order valence-corrected chi connectivity index (χ0v) is 23.6. The third kappa shape index (κ3) is 5.19. The van der Waals surface area contributed by atoms with E-state index in [2.05, 4.69) is 25.6 Å². The Labute approximate surface area is 247 Å². The topological polar surface area (TPSA) is 130 Å². The lowest BCUT2D eigenvalue weighted by Gasteiger charge is -2.31. The molecule has 3 heterocycles. The number of carboxylic acid groups (broad SMARTS) is 1. The SMILES string of the molecule is Cc1ccc2c(NC(=O)[C@@H]3CC34CC4)c(F)ccc2c1Oc1ncccc1-c1ccnc(NC2CCCN(C(=O)O)C2)n1. The number of carbonyl (C=O) groups is 2. The molecule has 1 spiro atoms. The summed E-state index contributed by atoms with van der Waals surface area (Å²) in [7, 11) is 0. The summed E-state index contributed by atoms with van der Waals surface area (Å²) in [6, 6.07) is 11.9. The number of nitrogens with one attached hydrogen (secondary N) is 2. The molecule has 0 bridgehead atoms. The molecule has 7 rings (SSSR count). The van der Waals surface area contributed by atoms with Crippen LogP contribution in [0.15, 0.2) is 54.9 Å². The van der Waals surface area contributed by atoms with Crippen LogP contribution < -0.4 is 15.4 Å². The standard InChI is InChI=1S/C32H31FN6O4/c1-18-6-7-20-21(8-9-24(33)26(20)38-28(40)23-16-32(23)11-12-32)27(18)43-29-22(5-2-13-34-29)25-10-14-35-30(37-25)36-19-4-3-15-39(17-19)31(41)42/h2,5-10,13-14,19,23H,3-4,11-12,15-17H2,1H3,(H,38,40)(H,41,42)(H,35,36,37)/t19?,23-/m0/s1. The predicted octanol–water partition coefficient (Wildman–Crippen LogP) is 6.22. The molecular weight excluding hydrogens is 551 g/mol. The van der Waals surface area contributed by atoms with Crippen molar-refractivity contribution in [1.82, 2.24) is 19.9 Å². The van der Waals surface area contributed by atoms with Gasteiger partial charge in [-0.1, -0.05) is 12.1 Å². The van der Waals surface area contributed by atoms with E-state index in [9.17, 15) is 14.7 Å². The first-order valence-corrected chi connectivity index (χ1v) is 14.5. The maximum absolute atomic E-state index is 15.1. The molecule has 220 valence electrons. The quantitative estimate of drug-likeness (QED) is 0.234. The number of benzene rings is 2. The monoisotopic (exact) mass is 582 g/mol. The summed E-state index contributed by atoms with van der Waals surface area (Å²) in [5, 5.41) is 16.7. The number of rotatable bonds is 7. The summed E-state index contributed by atoms with van der Waals surface area (Å²) < 4.78 is 21.5. The highest BCUT2D eigenvalue weighted by Gasteiger charge is 2.65. The lowest BCUT2D eigenvalue weighted by atomic mass is 10.0. The molecule has 11 heteroatoms. The van der Waals surface area contributed by atoms with E-state index < -0.39 is 11.9 Å². The van der Waals surface area contributed by atoms with Gasteiger partial charge >= 0.3 is 6.09 Å². The molecule has 2 atom stereocenters. The Balaban J connectivity index is 1.17. The normalized spacial score (nSPS) is 20.1. The molecule has 2 amide bonds. The van der Waals surface area contributed by atoms with Gasteiger partial charge in [-0.3, -0.25) is 4.79 Å². The Kier molecular flexibility index (Phi) is 6.60. The van der Waals surface area contributed by atoms with Crippen LogP contribution in [0, 0.1) is 24.1 Å². The molecule has 1 aliphatic heterocycles. The number of aryl methyl sites for hydroxylation is 1. The number of pyridine rings is 1. The number of fused-ring (bicyclic) bond motifs is 1. The molecular formula is C32H31FN6O4. The fraction of sp³-hybridized carbons (Fsp3) is 0.344. The number of hydrogen-bond donors (Lipinski definition) is 3. The molecule has 3 fully saturated rings.